The number of likely N-dealkylation sites (tertiary alicyclic amines) is 1. The number of nitrogens with two attached hydrogens (primary N) is 1. The molecule has 5 N–H and O–H groups in total. The summed E-state index contributed by atoms with van der Waals surface area (Å²) in [6.07, 6.45) is 1.11. The van der Waals surface area contributed by atoms with E-state index in [2.05, 4.69) is 10.6 Å². The Morgan fingerprint density at radius 2 is 1.59 bits per heavy atom. The van der Waals surface area contributed by atoms with Gasteiger partial charge < -0.3 is 50.2 Å². The van der Waals surface area contributed by atoms with Crippen molar-refractivity contribution in [2.45, 2.75) is 115 Å². The molecule has 18 nitrogen and oxygen atoms in total. The van der Waals surface area contributed by atoms with Gasteiger partial charge in [-0.3, -0.25) is 14.4 Å². The monoisotopic (exact) mass is 1070 g/mol. The summed E-state index contributed by atoms with van der Waals surface area (Å²) in [5.41, 5.74) is 7.72. The normalized spacial score (nSPS) is 15.0. The number of amides is 4. The highest BCUT2D eigenvalue weighted by Gasteiger charge is 2.41. The molecule has 414 valence electrons. The van der Waals surface area contributed by atoms with Crippen LogP contribution >= 0.6 is 0 Å². The summed E-state index contributed by atoms with van der Waals surface area (Å²) in [5, 5.41) is 17.4. The smallest absolute Gasteiger partial charge is 0.329 e. The molecule has 1 heterocycles. The molecule has 4 aromatic carbocycles. The quantitative estimate of drug-likeness (QED) is 0.0200. The van der Waals surface area contributed by atoms with Crippen LogP contribution in [0.15, 0.2) is 102 Å². The molecule has 76 heavy (non-hydrogen) atoms. The minimum atomic E-state index is -4.04. The number of hydrogen-bond donors (Lipinski definition) is 4. The van der Waals surface area contributed by atoms with Gasteiger partial charge in [-0.2, -0.15) is 4.31 Å². The number of piperidine rings is 1. The Hall–Kier alpha value is -6.70. The van der Waals surface area contributed by atoms with E-state index in [0.29, 0.717) is 67.0 Å². The van der Waals surface area contributed by atoms with Gasteiger partial charge in [-0.15, -0.1) is 0 Å². The number of urea groups is 1. The van der Waals surface area contributed by atoms with E-state index in [1.807, 2.05) is 69.3 Å². The van der Waals surface area contributed by atoms with Gasteiger partial charge in [-0.05, 0) is 116 Å². The summed E-state index contributed by atoms with van der Waals surface area (Å²) in [6, 6.07) is 25.4. The number of anilines is 1. The standard InChI is InChI=1S/C57H78N6O12S/c1-9-57(4,5)53(66)54(67)63-31-14-13-20-47(63)55(68)75-49(27-21-41-22-28-50(72-7)51(35-41)73-8)42-18-15-19-44(36-42)74-33-30-59-52(65)29-32-61(6)56(69)60-46(34-40-16-11-10-12-17-40)48(64)38-62(37-39(2)3)76(70,71)45-25-23-43(58)24-26-45/h10-12,15-19,22-26,28,35-36,39,46-49,64H,9,13-14,20-21,27,29-34,37-38,58H2,1-8H3,(H,59,65)(H,60,69)/t46-,47-,48+,49+/m0/s1. The lowest BCUT2D eigenvalue weighted by atomic mass is 9.84. The number of nitrogens with zero attached hydrogens (tertiary/aromatic N) is 3. The average molecular weight is 1070 g/mol. The van der Waals surface area contributed by atoms with Crippen molar-refractivity contribution >= 4 is 45.3 Å². The zero-order valence-corrected chi connectivity index (χ0v) is 46.1. The number of aliphatic hydroxyl groups is 1. The summed E-state index contributed by atoms with van der Waals surface area (Å²) >= 11 is 0. The van der Waals surface area contributed by atoms with Gasteiger partial charge in [0.2, 0.25) is 21.7 Å². The molecule has 4 atom stereocenters. The van der Waals surface area contributed by atoms with E-state index < -0.39 is 63.4 Å². The fourth-order valence-electron chi connectivity index (χ4n) is 8.69. The molecule has 4 amide bonds. The Labute approximate surface area is 448 Å². The van der Waals surface area contributed by atoms with Crippen molar-refractivity contribution in [1.82, 2.24) is 24.7 Å². The Kier molecular flexibility index (Phi) is 22.5. The van der Waals surface area contributed by atoms with Crippen LogP contribution in [0, 0.1) is 11.3 Å². The number of rotatable bonds is 28. The molecule has 1 aliphatic heterocycles. The molecule has 0 spiro atoms. The fraction of sp³-hybridized carbons (Fsp3) is 0.491. The summed E-state index contributed by atoms with van der Waals surface area (Å²) in [4.78, 5) is 70.4. The lowest BCUT2D eigenvalue weighted by Gasteiger charge is -2.36. The van der Waals surface area contributed by atoms with Crippen molar-refractivity contribution in [2.75, 3.05) is 66.3 Å². The average Bonchev–Trinajstić information content (AvgIpc) is 3.41. The molecule has 1 fully saturated rings. The minimum absolute atomic E-state index is 0.0307. The number of sulfonamides is 1. The number of ketones is 1. The van der Waals surface area contributed by atoms with Crippen LogP contribution in [-0.4, -0.2) is 136 Å². The van der Waals surface area contributed by atoms with Gasteiger partial charge in [0.1, 0.15) is 24.5 Å². The van der Waals surface area contributed by atoms with Crippen molar-refractivity contribution in [2.24, 2.45) is 11.3 Å². The number of methoxy groups -OCH3 is 2. The van der Waals surface area contributed by atoms with Gasteiger partial charge in [0.15, 0.2) is 11.5 Å². The molecule has 1 aliphatic rings. The van der Waals surface area contributed by atoms with Crippen molar-refractivity contribution in [1.29, 1.82) is 0 Å². The first-order valence-electron chi connectivity index (χ1n) is 26.0. The molecular formula is C57H78N6O12S. The van der Waals surface area contributed by atoms with Gasteiger partial charge in [0.05, 0.1) is 37.8 Å². The van der Waals surface area contributed by atoms with Crippen LogP contribution in [0.3, 0.4) is 0 Å². The Morgan fingerprint density at radius 1 is 0.882 bits per heavy atom. The number of carbonyl (C=O) groups is 5. The highest BCUT2D eigenvalue weighted by Crippen LogP contribution is 2.33. The summed E-state index contributed by atoms with van der Waals surface area (Å²) < 4.78 is 52.1. The van der Waals surface area contributed by atoms with Crippen LogP contribution in [0.25, 0.3) is 0 Å². The third-order valence-corrected chi connectivity index (χ3v) is 15.5. The van der Waals surface area contributed by atoms with E-state index in [-0.39, 0.29) is 68.9 Å². The second-order valence-electron chi connectivity index (χ2n) is 20.3. The summed E-state index contributed by atoms with van der Waals surface area (Å²) in [6.45, 7) is 9.41. The van der Waals surface area contributed by atoms with E-state index in [0.717, 1.165) is 11.1 Å². The number of benzene rings is 4. The van der Waals surface area contributed by atoms with Gasteiger partial charge in [-0.25, -0.2) is 18.0 Å². The number of nitrogen functional groups attached to an aromatic ring is 1. The highest BCUT2D eigenvalue weighted by atomic mass is 32.2. The Morgan fingerprint density at radius 3 is 2.26 bits per heavy atom. The lowest BCUT2D eigenvalue weighted by molar-refractivity contribution is -0.164. The number of carbonyl (C=O) groups excluding carboxylic acids is 5. The van der Waals surface area contributed by atoms with E-state index in [1.165, 1.54) is 45.4 Å². The zero-order valence-electron chi connectivity index (χ0n) is 45.3. The summed E-state index contributed by atoms with van der Waals surface area (Å²) in [7, 11) is 0.599. The third kappa shape index (κ3) is 17.2. The molecule has 0 aliphatic carbocycles. The number of Topliss-reactive ketones (excluding diaryl/α,β-unsaturated/α-hetero) is 1. The maximum Gasteiger partial charge on any atom is 0.329 e. The van der Waals surface area contributed by atoms with E-state index in [1.54, 1.807) is 52.3 Å². The third-order valence-electron chi connectivity index (χ3n) is 13.6. The van der Waals surface area contributed by atoms with Crippen LogP contribution in [0.1, 0.15) is 95.9 Å². The van der Waals surface area contributed by atoms with Crippen molar-refractivity contribution in [3.63, 3.8) is 0 Å². The number of aryl methyl sites for hydroxylation is 1. The molecule has 19 heteroatoms. The van der Waals surface area contributed by atoms with Crippen molar-refractivity contribution < 1.29 is 56.4 Å². The highest BCUT2D eigenvalue weighted by molar-refractivity contribution is 7.89. The number of aliphatic hydroxyl groups excluding tert-OH is 1. The second kappa shape index (κ2) is 28.4. The van der Waals surface area contributed by atoms with Crippen molar-refractivity contribution in [3.8, 4) is 17.2 Å². The van der Waals surface area contributed by atoms with Crippen LogP contribution in [-0.2, 0) is 46.8 Å². The Bertz CT molecular complexity index is 2670. The number of nitrogens with one attached hydrogen (secondary N) is 2. The predicted octanol–water partition coefficient (Wildman–Crippen LogP) is 6.74. The van der Waals surface area contributed by atoms with Crippen LogP contribution in [0.5, 0.6) is 17.2 Å². The number of esters is 1. The molecule has 0 saturated carbocycles. The molecule has 4 aromatic rings. The number of hydrogen-bond acceptors (Lipinski definition) is 13. The molecule has 0 radical (unpaired) electrons. The maximum absolute atomic E-state index is 14.1. The van der Waals surface area contributed by atoms with E-state index in [4.69, 9.17) is 24.7 Å². The summed E-state index contributed by atoms with van der Waals surface area (Å²) in [5.74, 6) is -0.637. The van der Waals surface area contributed by atoms with Crippen LogP contribution in [0.2, 0.25) is 0 Å². The van der Waals surface area contributed by atoms with Crippen LogP contribution < -0.4 is 30.6 Å². The van der Waals surface area contributed by atoms with Crippen LogP contribution in [0.4, 0.5) is 10.5 Å². The van der Waals surface area contributed by atoms with E-state index >= 15 is 0 Å². The first kappa shape index (κ1) is 60.2. The molecule has 1 saturated heterocycles. The zero-order chi connectivity index (χ0) is 55.6. The lowest BCUT2D eigenvalue weighted by Crippen LogP contribution is -2.53. The minimum Gasteiger partial charge on any atom is -0.493 e. The first-order valence-corrected chi connectivity index (χ1v) is 27.5. The maximum atomic E-state index is 14.1. The van der Waals surface area contributed by atoms with Crippen molar-refractivity contribution in [3.05, 3.63) is 114 Å². The molecule has 5 rings (SSSR count). The van der Waals surface area contributed by atoms with E-state index in [9.17, 15) is 37.5 Å². The SMILES string of the molecule is CCC(C)(C)C(=O)C(=O)N1CCCC[C@H]1C(=O)O[C@H](CCc1ccc(OC)c(OC)c1)c1cccc(OCCNC(=O)CCN(C)C(=O)N[C@@H](Cc2ccccc2)[C@H](O)CN(CC(C)C)S(=O)(=O)c2ccc(N)cc2)c1. The predicted molar refractivity (Wildman–Crippen MR) is 290 cm³/mol. The van der Waals surface area contributed by atoms with Gasteiger partial charge in [-0.1, -0.05) is 83.1 Å². The molecular weight excluding hydrogens is 993 g/mol. The molecule has 0 bridgehead atoms. The molecule has 0 unspecified atom stereocenters. The largest absolute Gasteiger partial charge is 0.493 e. The first-order chi connectivity index (χ1) is 36.2. The Balaban J connectivity index is 1.20. The topological polar surface area (TPSA) is 236 Å². The molecule has 0 aromatic heterocycles. The fourth-order valence-corrected chi connectivity index (χ4v) is 10.3. The van der Waals surface area contributed by atoms with Gasteiger partial charge in [0, 0.05) is 50.7 Å². The number of ether oxygens (including phenoxy) is 4. The second-order valence-corrected chi connectivity index (χ2v) is 22.2. The van der Waals surface area contributed by atoms with Gasteiger partial charge >= 0.3 is 12.0 Å². The van der Waals surface area contributed by atoms with Gasteiger partial charge in [0.25, 0.3) is 5.91 Å².